The predicted molar refractivity (Wildman–Crippen MR) is 79.9 cm³/mol. The van der Waals surface area contributed by atoms with Crippen molar-refractivity contribution in [2.75, 3.05) is 7.05 Å². The summed E-state index contributed by atoms with van der Waals surface area (Å²) in [7, 11) is 1.67. The first-order valence-electron chi connectivity index (χ1n) is 6.86. The van der Waals surface area contributed by atoms with Crippen LogP contribution in [-0.4, -0.2) is 46.8 Å². The second-order valence-electron chi connectivity index (χ2n) is 5.94. The van der Waals surface area contributed by atoms with Crippen LogP contribution in [0.1, 0.15) is 48.0 Å². The Hall–Kier alpha value is -1.14. The minimum absolute atomic E-state index is 0.127. The van der Waals surface area contributed by atoms with Gasteiger partial charge in [-0.1, -0.05) is 20.3 Å². The van der Waals surface area contributed by atoms with Crippen molar-refractivity contribution in [2.45, 2.75) is 65.6 Å². The molecule has 0 aliphatic rings. The molecule has 0 amide bonds. The number of aliphatic carboxylic acids is 2. The normalized spacial score (nSPS) is 15.6. The number of carboxylic acids is 2. The molecule has 6 heteroatoms. The highest BCUT2D eigenvalue weighted by Gasteiger charge is 2.20. The zero-order chi connectivity index (χ0) is 16.5. The van der Waals surface area contributed by atoms with E-state index in [1.54, 1.807) is 14.0 Å². The molecular formula is C14H30N2O4. The molecule has 0 saturated heterocycles. The van der Waals surface area contributed by atoms with Crippen molar-refractivity contribution in [1.82, 2.24) is 10.6 Å². The maximum atomic E-state index is 10.5. The Bertz CT molecular complexity index is 300. The van der Waals surface area contributed by atoms with Crippen molar-refractivity contribution in [2.24, 2.45) is 5.92 Å². The van der Waals surface area contributed by atoms with Crippen LogP contribution in [0.15, 0.2) is 0 Å². The number of hydrogen-bond acceptors (Lipinski definition) is 4. The average Bonchev–Trinajstić information content (AvgIpc) is 2.27. The molecule has 3 atom stereocenters. The van der Waals surface area contributed by atoms with E-state index in [9.17, 15) is 9.59 Å². The van der Waals surface area contributed by atoms with Crippen molar-refractivity contribution in [1.29, 1.82) is 0 Å². The van der Waals surface area contributed by atoms with Crippen molar-refractivity contribution < 1.29 is 19.8 Å². The third kappa shape index (κ3) is 10.8. The maximum absolute atomic E-state index is 10.5. The van der Waals surface area contributed by atoms with Crippen molar-refractivity contribution in [3.8, 4) is 0 Å². The zero-order valence-electron chi connectivity index (χ0n) is 13.7. The molecule has 0 saturated carbocycles. The Labute approximate surface area is 122 Å². The maximum Gasteiger partial charge on any atom is 0.320 e. The van der Waals surface area contributed by atoms with Crippen molar-refractivity contribution in [3.63, 3.8) is 0 Å². The van der Waals surface area contributed by atoms with Gasteiger partial charge in [-0.2, -0.15) is 0 Å². The molecule has 0 aliphatic carbocycles. The molecule has 0 bridgehead atoms. The third-order valence-electron chi connectivity index (χ3n) is 2.81. The SMILES string of the molecule is CC[C@H](C)[C@H](NC)C(=O)O.C[C@H](NC(C)(C)C)C(=O)O. The van der Waals surface area contributed by atoms with E-state index in [1.807, 2.05) is 34.6 Å². The molecule has 0 unspecified atom stereocenters. The summed E-state index contributed by atoms with van der Waals surface area (Å²) in [5.74, 6) is -1.38. The number of carboxylic acid groups (broad SMARTS) is 2. The Kier molecular flexibility index (Phi) is 10.3. The van der Waals surface area contributed by atoms with Gasteiger partial charge in [-0.3, -0.25) is 14.9 Å². The fourth-order valence-electron chi connectivity index (χ4n) is 1.60. The Balaban J connectivity index is 0. The summed E-state index contributed by atoms with van der Waals surface area (Å²) < 4.78 is 0. The lowest BCUT2D eigenvalue weighted by Crippen LogP contribution is -2.45. The minimum atomic E-state index is -0.810. The minimum Gasteiger partial charge on any atom is -0.480 e. The smallest absolute Gasteiger partial charge is 0.320 e. The van der Waals surface area contributed by atoms with Gasteiger partial charge in [0.25, 0.3) is 0 Å². The van der Waals surface area contributed by atoms with E-state index < -0.39 is 24.0 Å². The predicted octanol–water partition coefficient (Wildman–Crippen LogP) is 1.55. The second-order valence-corrected chi connectivity index (χ2v) is 5.94. The molecule has 0 radical (unpaired) electrons. The lowest BCUT2D eigenvalue weighted by atomic mass is 10.00. The number of hydrogen-bond donors (Lipinski definition) is 4. The van der Waals surface area contributed by atoms with Gasteiger partial charge in [0.15, 0.2) is 0 Å². The van der Waals surface area contributed by atoms with Crippen LogP contribution in [0.25, 0.3) is 0 Å². The monoisotopic (exact) mass is 290 g/mol. The zero-order valence-corrected chi connectivity index (χ0v) is 13.7. The summed E-state index contributed by atoms with van der Waals surface area (Å²) >= 11 is 0. The molecule has 0 aromatic carbocycles. The summed E-state index contributed by atoms with van der Waals surface area (Å²) in [5, 5.41) is 22.8. The molecule has 0 aliphatic heterocycles. The van der Waals surface area contributed by atoms with Gasteiger partial charge in [0.05, 0.1) is 0 Å². The summed E-state index contributed by atoms with van der Waals surface area (Å²) in [6.07, 6.45) is 0.887. The standard InChI is InChI=1S/2C7H15NO2/c1-5(6(9)10)8-7(2,3)4;1-4-5(2)6(8-3)7(9)10/h5,8H,1-4H3,(H,9,10);5-6,8H,4H2,1-3H3,(H,9,10)/t5-;5-,6-/m00/s1. The third-order valence-corrected chi connectivity index (χ3v) is 2.81. The molecule has 20 heavy (non-hydrogen) atoms. The topological polar surface area (TPSA) is 98.7 Å². The first kappa shape index (κ1) is 21.2. The van der Waals surface area contributed by atoms with Crippen LogP contribution in [0.4, 0.5) is 0 Å². The highest BCUT2D eigenvalue weighted by atomic mass is 16.4. The summed E-state index contributed by atoms with van der Waals surface area (Å²) in [5.41, 5.74) is -0.127. The van der Waals surface area contributed by atoms with E-state index in [4.69, 9.17) is 10.2 Å². The fraction of sp³-hybridized carbons (Fsp3) is 0.857. The molecular weight excluding hydrogens is 260 g/mol. The van der Waals surface area contributed by atoms with Gasteiger partial charge in [0.1, 0.15) is 12.1 Å². The largest absolute Gasteiger partial charge is 0.480 e. The molecule has 0 aromatic heterocycles. The van der Waals surface area contributed by atoms with Gasteiger partial charge in [-0.15, -0.1) is 0 Å². The highest BCUT2D eigenvalue weighted by Crippen LogP contribution is 2.06. The van der Waals surface area contributed by atoms with Gasteiger partial charge >= 0.3 is 11.9 Å². The van der Waals surface area contributed by atoms with Crippen molar-refractivity contribution in [3.05, 3.63) is 0 Å². The highest BCUT2D eigenvalue weighted by molar-refractivity contribution is 5.73. The second kappa shape index (κ2) is 9.72. The quantitative estimate of drug-likeness (QED) is 0.592. The first-order chi connectivity index (χ1) is 8.96. The average molecular weight is 290 g/mol. The molecule has 4 N–H and O–H groups in total. The van der Waals surface area contributed by atoms with Crippen LogP contribution < -0.4 is 10.6 Å². The molecule has 0 spiro atoms. The van der Waals surface area contributed by atoms with Gasteiger partial charge < -0.3 is 15.5 Å². The molecule has 0 fully saturated rings. The lowest BCUT2D eigenvalue weighted by molar-refractivity contribution is -0.141. The summed E-state index contributed by atoms with van der Waals surface area (Å²) in [4.78, 5) is 20.8. The van der Waals surface area contributed by atoms with E-state index >= 15 is 0 Å². The molecule has 0 aromatic rings. The van der Waals surface area contributed by atoms with E-state index in [0.717, 1.165) is 6.42 Å². The Morgan fingerprint density at radius 1 is 1.10 bits per heavy atom. The lowest BCUT2D eigenvalue weighted by Gasteiger charge is -2.23. The van der Waals surface area contributed by atoms with Crippen LogP contribution in [0, 0.1) is 5.92 Å². The Morgan fingerprint density at radius 3 is 1.65 bits per heavy atom. The number of rotatable bonds is 6. The first-order valence-corrected chi connectivity index (χ1v) is 6.86. The molecule has 120 valence electrons. The van der Waals surface area contributed by atoms with E-state index in [2.05, 4.69) is 10.6 Å². The van der Waals surface area contributed by atoms with Gasteiger partial charge in [-0.05, 0) is 40.7 Å². The van der Waals surface area contributed by atoms with Crippen LogP contribution in [0.5, 0.6) is 0 Å². The number of likely N-dealkylation sites (N-methyl/N-ethyl adjacent to an activating group) is 1. The van der Waals surface area contributed by atoms with Gasteiger partial charge in [-0.25, -0.2) is 0 Å². The fourth-order valence-corrected chi connectivity index (χ4v) is 1.60. The Morgan fingerprint density at radius 2 is 1.55 bits per heavy atom. The van der Waals surface area contributed by atoms with Gasteiger partial charge in [0, 0.05) is 5.54 Å². The van der Waals surface area contributed by atoms with Crippen molar-refractivity contribution >= 4 is 11.9 Å². The molecule has 0 heterocycles. The number of carbonyl (C=O) groups is 2. The van der Waals surface area contributed by atoms with E-state index in [1.165, 1.54) is 0 Å². The van der Waals surface area contributed by atoms with Crippen LogP contribution in [0.3, 0.4) is 0 Å². The summed E-state index contributed by atoms with van der Waals surface area (Å²) in [6.45, 7) is 11.4. The molecule has 6 nitrogen and oxygen atoms in total. The van der Waals surface area contributed by atoms with Crippen LogP contribution >= 0.6 is 0 Å². The van der Waals surface area contributed by atoms with E-state index in [0.29, 0.717) is 0 Å². The van der Waals surface area contributed by atoms with Gasteiger partial charge in [0.2, 0.25) is 0 Å². The summed E-state index contributed by atoms with van der Waals surface area (Å²) in [6, 6.07) is -0.870. The van der Waals surface area contributed by atoms with E-state index in [-0.39, 0.29) is 11.5 Å². The molecule has 0 rings (SSSR count). The van der Waals surface area contributed by atoms with Crippen LogP contribution in [-0.2, 0) is 9.59 Å². The van der Waals surface area contributed by atoms with Crippen LogP contribution in [0.2, 0.25) is 0 Å². The number of nitrogens with one attached hydrogen (secondary N) is 2.